The highest BCUT2D eigenvalue weighted by Gasteiger charge is 2.29. The number of hydrogen-bond donors (Lipinski definition) is 1. The smallest absolute Gasteiger partial charge is 0.414 e. The number of nitrogens with zero attached hydrogens (tertiary/aromatic N) is 1. The van der Waals surface area contributed by atoms with Gasteiger partial charge in [0.25, 0.3) is 5.91 Å². The Morgan fingerprint density at radius 2 is 2.29 bits per heavy atom. The van der Waals surface area contributed by atoms with Gasteiger partial charge in [-0.25, -0.2) is 4.79 Å². The van der Waals surface area contributed by atoms with Crippen LogP contribution in [0.4, 0.5) is 10.5 Å². The lowest BCUT2D eigenvalue weighted by atomic mass is 10.1. The van der Waals surface area contributed by atoms with Gasteiger partial charge in [0.15, 0.2) is 0 Å². The van der Waals surface area contributed by atoms with Crippen molar-refractivity contribution in [3.8, 4) is 0 Å². The second-order valence-electron chi connectivity index (χ2n) is 3.93. The topological polar surface area (TPSA) is 58.6 Å². The molecule has 0 bridgehead atoms. The summed E-state index contributed by atoms with van der Waals surface area (Å²) in [6.07, 6.45) is -0.488. The Kier molecular flexibility index (Phi) is 2.99. The fourth-order valence-electron chi connectivity index (χ4n) is 1.77. The zero-order valence-corrected chi connectivity index (χ0v) is 9.77. The van der Waals surface area contributed by atoms with Gasteiger partial charge in [-0.1, -0.05) is 6.07 Å². The Balaban J connectivity index is 2.27. The van der Waals surface area contributed by atoms with E-state index in [0.29, 0.717) is 17.8 Å². The molecule has 5 heteroatoms. The molecule has 1 aliphatic heterocycles. The van der Waals surface area contributed by atoms with Crippen LogP contribution in [0.3, 0.4) is 0 Å². The van der Waals surface area contributed by atoms with Crippen molar-refractivity contribution < 1.29 is 14.3 Å². The van der Waals surface area contributed by atoms with E-state index < -0.39 is 0 Å². The molecule has 1 atom stereocenters. The summed E-state index contributed by atoms with van der Waals surface area (Å²) >= 11 is 0. The molecule has 2 amide bonds. The molecular weight excluding hydrogens is 220 g/mol. The van der Waals surface area contributed by atoms with Crippen molar-refractivity contribution >= 4 is 17.7 Å². The number of nitrogens with one attached hydrogen (secondary N) is 1. The largest absolute Gasteiger partial charge is 0.444 e. The highest BCUT2D eigenvalue weighted by Crippen LogP contribution is 2.22. The maximum absolute atomic E-state index is 11.5. The summed E-state index contributed by atoms with van der Waals surface area (Å²) < 4.78 is 5.04. The number of carbonyl (C=O) groups is 2. The van der Waals surface area contributed by atoms with Gasteiger partial charge in [-0.05, 0) is 25.1 Å². The van der Waals surface area contributed by atoms with Crippen LogP contribution in [0.5, 0.6) is 0 Å². The predicted molar refractivity (Wildman–Crippen MR) is 63.1 cm³/mol. The third-order valence-electron chi connectivity index (χ3n) is 2.61. The summed E-state index contributed by atoms with van der Waals surface area (Å²) in [7, 11) is 1.57. The first-order valence-electron chi connectivity index (χ1n) is 5.42. The van der Waals surface area contributed by atoms with E-state index in [1.54, 1.807) is 31.3 Å². The fourth-order valence-corrected chi connectivity index (χ4v) is 1.77. The van der Waals surface area contributed by atoms with Crippen molar-refractivity contribution in [1.82, 2.24) is 5.32 Å². The van der Waals surface area contributed by atoms with Crippen molar-refractivity contribution in [3.05, 3.63) is 29.8 Å². The molecular formula is C12H14N2O3. The minimum absolute atomic E-state index is 0.119. The molecule has 0 aromatic heterocycles. The van der Waals surface area contributed by atoms with Gasteiger partial charge in [0.2, 0.25) is 0 Å². The van der Waals surface area contributed by atoms with Gasteiger partial charge >= 0.3 is 6.09 Å². The molecule has 0 saturated carbocycles. The molecule has 1 unspecified atom stereocenters. The summed E-state index contributed by atoms with van der Waals surface area (Å²) in [4.78, 5) is 24.5. The van der Waals surface area contributed by atoms with Crippen LogP contribution in [0.15, 0.2) is 24.3 Å². The SMILES string of the molecule is CNC(=O)c1cccc(N2CC(C)OC2=O)c1. The average molecular weight is 234 g/mol. The van der Waals surface area contributed by atoms with Crippen LogP contribution in [-0.4, -0.2) is 31.7 Å². The van der Waals surface area contributed by atoms with E-state index in [9.17, 15) is 9.59 Å². The molecule has 2 rings (SSSR count). The number of ether oxygens (including phenoxy) is 1. The number of benzene rings is 1. The van der Waals surface area contributed by atoms with Gasteiger partial charge in [-0.15, -0.1) is 0 Å². The van der Waals surface area contributed by atoms with Gasteiger partial charge in [0, 0.05) is 18.3 Å². The van der Waals surface area contributed by atoms with Crippen LogP contribution >= 0.6 is 0 Å². The lowest BCUT2D eigenvalue weighted by molar-refractivity contribution is 0.0963. The third kappa shape index (κ3) is 2.22. The number of hydrogen-bond acceptors (Lipinski definition) is 3. The van der Waals surface area contributed by atoms with E-state index in [0.717, 1.165) is 0 Å². The van der Waals surface area contributed by atoms with Crippen LogP contribution in [0.25, 0.3) is 0 Å². The van der Waals surface area contributed by atoms with E-state index in [1.165, 1.54) is 4.90 Å². The Morgan fingerprint density at radius 1 is 1.53 bits per heavy atom. The Labute approximate surface area is 99.4 Å². The quantitative estimate of drug-likeness (QED) is 0.841. The molecule has 0 spiro atoms. The first kappa shape index (κ1) is 11.4. The molecule has 1 heterocycles. The highest BCUT2D eigenvalue weighted by atomic mass is 16.6. The normalized spacial score (nSPS) is 19.1. The van der Waals surface area contributed by atoms with Gasteiger partial charge in [0.1, 0.15) is 6.10 Å². The van der Waals surface area contributed by atoms with E-state index in [4.69, 9.17) is 4.74 Å². The Hall–Kier alpha value is -2.04. The lowest BCUT2D eigenvalue weighted by Crippen LogP contribution is -2.25. The number of anilines is 1. The van der Waals surface area contributed by atoms with E-state index >= 15 is 0 Å². The first-order chi connectivity index (χ1) is 8.11. The maximum Gasteiger partial charge on any atom is 0.414 e. The van der Waals surface area contributed by atoms with Crippen LogP contribution in [-0.2, 0) is 4.74 Å². The van der Waals surface area contributed by atoms with E-state index in [2.05, 4.69) is 5.32 Å². The number of amides is 2. The monoisotopic (exact) mass is 234 g/mol. The van der Waals surface area contributed by atoms with Gasteiger partial charge in [0.05, 0.1) is 6.54 Å². The molecule has 90 valence electrons. The molecule has 1 aromatic rings. The second kappa shape index (κ2) is 4.45. The van der Waals surface area contributed by atoms with Crippen LogP contribution in [0.1, 0.15) is 17.3 Å². The average Bonchev–Trinajstić information content (AvgIpc) is 2.67. The standard InChI is InChI=1S/C12H14N2O3/c1-8-7-14(12(16)17-8)10-5-3-4-9(6-10)11(15)13-2/h3-6,8H,7H2,1-2H3,(H,13,15). The number of carbonyl (C=O) groups excluding carboxylic acids is 2. The van der Waals surface area contributed by atoms with Crippen molar-refractivity contribution in [2.75, 3.05) is 18.5 Å². The van der Waals surface area contributed by atoms with E-state index in [-0.39, 0.29) is 18.1 Å². The lowest BCUT2D eigenvalue weighted by Gasteiger charge is -2.13. The number of rotatable bonds is 2. The number of cyclic esters (lactones) is 1. The molecule has 1 N–H and O–H groups in total. The summed E-state index contributed by atoms with van der Waals surface area (Å²) in [5.74, 6) is -0.174. The molecule has 0 aliphatic carbocycles. The van der Waals surface area contributed by atoms with Gasteiger partial charge < -0.3 is 10.1 Å². The third-order valence-corrected chi connectivity index (χ3v) is 2.61. The summed E-state index contributed by atoms with van der Waals surface area (Å²) in [6, 6.07) is 6.91. The zero-order chi connectivity index (χ0) is 12.4. The Morgan fingerprint density at radius 3 is 2.88 bits per heavy atom. The minimum atomic E-state index is -0.369. The molecule has 1 aliphatic rings. The zero-order valence-electron chi connectivity index (χ0n) is 9.77. The molecule has 5 nitrogen and oxygen atoms in total. The van der Waals surface area contributed by atoms with Crippen LogP contribution in [0, 0.1) is 0 Å². The Bertz CT molecular complexity index is 459. The molecule has 0 radical (unpaired) electrons. The van der Waals surface area contributed by atoms with Gasteiger partial charge in [-0.3, -0.25) is 9.69 Å². The molecule has 1 aromatic carbocycles. The van der Waals surface area contributed by atoms with Crippen molar-refractivity contribution in [2.45, 2.75) is 13.0 Å². The molecule has 1 saturated heterocycles. The predicted octanol–water partition coefficient (Wildman–Crippen LogP) is 1.39. The van der Waals surface area contributed by atoms with Crippen LogP contribution in [0.2, 0.25) is 0 Å². The van der Waals surface area contributed by atoms with Crippen LogP contribution < -0.4 is 10.2 Å². The van der Waals surface area contributed by atoms with E-state index in [1.807, 2.05) is 6.92 Å². The van der Waals surface area contributed by atoms with Crippen molar-refractivity contribution in [3.63, 3.8) is 0 Å². The summed E-state index contributed by atoms with van der Waals surface area (Å²) in [6.45, 7) is 2.34. The minimum Gasteiger partial charge on any atom is -0.444 e. The van der Waals surface area contributed by atoms with Crippen molar-refractivity contribution in [2.24, 2.45) is 0 Å². The highest BCUT2D eigenvalue weighted by molar-refractivity contribution is 5.97. The fraction of sp³-hybridized carbons (Fsp3) is 0.333. The van der Waals surface area contributed by atoms with Gasteiger partial charge in [-0.2, -0.15) is 0 Å². The second-order valence-corrected chi connectivity index (χ2v) is 3.93. The summed E-state index contributed by atoms with van der Waals surface area (Å²) in [5.41, 5.74) is 1.21. The molecule has 17 heavy (non-hydrogen) atoms. The molecule has 1 fully saturated rings. The summed E-state index contributed by atoms with van der Waals surface area (Å²) in [5, 5.41) is 2.55. The van der Waals surface area contributed by atoms with Crippen molar-refractivity contribution in [1.29, 1.82) is 0 Å². The maximum atomic E-state index is 11.5. The first-order valence-corrected chi connectivity index (χ1v) is 5.42.